The van der Waals surface area contributed by atoms with Gasteiger partial charge in [0.15, 0.2) is 5.78 Å². The van der Waals surface area contributed by atoms with Gasteiger partial charge in [-0.1, -0.05) is 12.5 Å². The smallest absolute Gasteiger partial charge is 0.328 e. The summed E-state index contributed by atoms with van der Waals surface area (Å²) >= 11 is 0. The fourth-order valence-corrected chi connectivity index (χ4v) is 6.71. The molecule has 0 spiro atoms. The van der Waals surface area contributed by atoms with Crippen molar-refractivity contribution in [2.75, 3.05) is 0 Å². The first-order chi connectivity index (χ1) is 11.8. The molecule has 6 atom stereocenters. The maximum absolute atomic E-state index is 11.8. The third-order valence-electron chi connectivity index (χ3n) is 8.02. The van der Waals surface area contributed by atoms with E-state index in [0.717, 1.165) is 44.6 Å². The summed E-state index contributed by atoms with van der Waals surface area (Å²) in [5.74, 6) is 1.55. The van der Waals surface area contributed by atoms with Gasteiger partial charge in [-0.3, -0.25) is 4.79 Å². The van der Waals surface area contributed by atoms with E-state index in [0.29, 0.717) is 42.3 Å². The van der Waals surface area contributed by atoms with E-state index in [2.05, 4.69) is 6.92 Å². The molecule has 4 aliphatic carbocycles. The molecule has 0 aliphatic heterocycles. The first-order valence-corrected chi connectivity index (χ1v) is 9.72. The van der Waals surface area contributed by atoms with Gasteiger partial charge in [0.2, 0.25) is 0 Å². The summed E-state index contributed by atoms with van der Waals surface area (Å²) in [5.41, 5.74) is 0.144. The van der Waals surface area contributed by atoms with Gasteiger partial charge in [0.1, 0.15) is 0 Å². The van der Waals surface area contributed by atoms with Crippen LogP contribution in [0.25, 0.3) is 0 Å². The largest absolute Gasteiger partial charge is 0.478 e. The average molecular weight is 344 g/mol. The molecule has 0 amide bonds. The van der Waals surface area contributed by atoms with E-state index >= 15 is 0 Å². The monoisotopic (exact) mass is 344 g/mol. The Morgan fingerprint density at radius 1 is 1.16 bits per heavy atom. The highest BCUT2D eigenvalue weighted by atomic mass is 16.4. The quantitative estimate of drug-likeness (QED) is 0.752. The van der Waals surface area contributed by atoms with Crippen molar-refractivity contribution < 1.29 is 19.8 Å². The topological polar surface area (TPSA) is 74.6 Å². The summed E-state index contributed by atoms with van der Waals surface area (Å²) in [7, 11) is 0. The van der Waals surface area contributed by atoms with Crippen molar-refractivity contribution in [1.82, 2.24) is 0 Å². The minimum atomic E-state index is -1.00. The Kier molecular flexibility index (Phi) is 3.95. The molecule has 0 radical (unpaired) electrons. The molecule has 4 heteroatoms. The second-order valence-corrected chi connectivity index (χ2v) is 8.89. The number of carboxylic acid groups (broad SMARTS) is 1. The standard InChI is InChI=1S/C21H28O4/c1-20-9-6-16-15-5-3-14(22)12-13(15)2-4-17(16)18(20)7-10-21(20,25)11-8-19(23)24/h8,11-12,15-18,25H,2-7,9-10H2,1H3,(H,23,24)/b11-8-/t15-,16+,17+,18-,20-,21+/m0/s1. The van der Waals surface area contributed by atoms with Crippen LogP contribution in [-0.4, -0.2) is 27.6 Å². The van der Waals surface area contributed by atoms with E-state index in [9.17, 15) is 14.7 Å². The van der Waals surface area contributed by atoms with Gasteiger partial charge >= 0.3 is 5.97 Å². The van der Waals surface area contributed by atoms with E-state index in [-0.39, 0.29) is 5.41 Å². The maximum atomic E-state index is 11.8. The van der Waals surface area contributed by atoms with Crippen molar-refractivity contribution >= 4 is 11.8 Å². The van der Waals surface area contributed by atoms with Crippen molar-refractivity contribution in [2.24, 2.45) is 29.1 Å². The molecule has 0 aromatic rings. The Morgan fingerprint density at radius 2 is 1.96 bits per heavy atom. The molecular weight excluding hydrogens is 316 g/mol. The highest BCUT2D eigenvalue weighted by Crippen LogP contribution is 2.65. The zero-order valence-corrected chi connectivity index (χ0v) is 14.9. The van der Waals surface area contributed by atoms with Crippen LogP contribution in [0.2, 0.25) is 0 Å². The average Bonchev–Trinajstić information content (AvgIpc) is 2.84. The second kappa shape index (κ2) is 5.80. The molecule has 0 saturated heterocycles. The molecular formula is C21H28O4. The van der Waals surface area contributed by atoms with Crippen LogP contribution in [0.1, 0.15) is 58.3 Å². The van der Waals surface area contributed by atoms with E-state index < -0.39 is 11.6 Å². The third-order valence-corrected chi connectivity index (χ3v) is 8.02. The highest BCUT2D eigenvalue weighted by Gasteiger charge is 2.61. The normalized spacial score (nSPS) is 46.3. The number of hydrogen-bond donors (Lipinski definition) is 2. The van der Waals surface area contributed by atoms with Gasteiger partial charge in [-0.25, -0.2) is 4.79 Å². The predicted molar refractivity (Wildman–Crippen MR) is 93.8 cm³/mol. The fourth-order valence-electron chi connectivity index (χ4n) is 6.71. The molecule has 4 nitrogen and oxygen atoms in total. The number of carbonyl (C=O) groups excluding carboxylic acids is 1. The van der Waals surface area contributed by atoms with Crippen molar-refractivity contribution in [3.05, 3.63) is 23.8 Å². The molecule has 3 saturated carbocycles. The highest BCUT2D eigenvalue weighted by molar-refractivity contribution is 5.91. The summed E-state index contributed by atoms with van der Waals surface area (Å²) < 4.78 is 0. The molecule has 0 aromatic heterocycles. The molecule has 3 fully saturated rings. The Bertz CT molecular complexity index is 663. The van der Waals surface area contributed by atoms with Crippen LogP contribution >= 0.6 is 0 Å². The number of aliphatic carboxylic acids is 1. The Morgan fingerprint density at radius 3 is 2.72 bits per heavy atom. The lowest BCUT2D eigenvalue weighted by molar-refractivity contribution is -0.132. The number of ketones is 1. The number of fused-ring (bicyclic) bond motifs is 5. The van der Waals surface area contributed by atoms with E-state index in [4.69, 9.17) is 5.11 Å². The molecule has 0 aromatic carbocycles. The third kappa shape index (κ3) is 2.52. The van der Waals surface area contributed by atoms with E-state index in [1.807, 2.05) is 6.08 Å². The van der Waals surface area contributed by atoms with Crippen LogP contribution < -0.4 is 0 Å². The Hall–Kier alpha value is -1.42. The summed E-state index contributed by atoms with van der Waals surface area (Å²) in [6.45, 7) is 2.17. The number of carbonyl (C=O) groups is 2. The van der Waals surface area contributed by atoms with Gasteiger partial charge in [-0.05, 0) is 80.8 Å². The van der Waals surface area contributed by atoms with E-state index in [1.165, 1.54) is 5.57 Å². The van der Waals surface area contributed by atoms with Crippen molar-refractivity contribution in [3.63, 3.8) is 0 Å². The van der Waals surface area contributed by atoms with Crippen molar-refractivity contribution in [3.8, 4) is 0 Å². The van der Waals surface area contributed by atoms with Gasteiger partial charge in [-0.15, -0.1) is 0 Å². The maximum Gasteiger partial charge on any atom is 0.328 e. The number of allylic oxidation sites excluding steroid dienone is 1. The molecule has 136 valence electrons. The van der Waals surface area contributed by atoms with Gasteiger partial charge in [0.25, 0.3) is 0 Å². The van der Waals surface area contributed by atoms with Crippen LogP contribution in [-0.2, 0) is 9.59 Å². The van der Waals surface area contributed by atoms with Gasteiger partial charge in [0.05, 0.1) is 5.60 Å². The second-order valence-electron chi connectivity index (χ2n) is 8.89. The SMILES string of the molecule is C[C@]12CC[C@H]3[C@@H](CCC4=CC(=O)CC[C@@H]43)[C@@H]1CC[C@@]2(O)/C=C\C(=O)O. The molecule has 0 heterocycles. The summed E-state index contributed by atoms with van der Waals surface area (Å²) in [5, 5.41) is 20.2. The van der Waals surface area contributed by atoms with Crippen molar-refractivity contribution in [1.29, 1.82) is 0 Å². The lowest BCUT2D eigenvalue weighted by Crippen LogP contribution is -2.52. The van der Waals surface area contributed by atoms with E-state index in [1.54, 1.807) is 6.08 Å². The zero-order chi connectivity index (χ0) is 17.8. The van der Waals surface area contributed by atoms with Crippen LogP contribution in [0, 0.1) is 29.1 Å². The molecule has 0 bridgehead atoms. The fraction of sp³-hybridized carbons (Fsp3) is 0.714. The Balaban J connectivity index is 1.61. The minimum Gasteiger partial charge on any atom is -0.478 e. The lowest BCUT2D eigenvalue weighted by atomic mass is 9.50. The van der Waals surface area contributed by atoms with Gasteiger partial charge in [0, 0.05) is 17.9 Å². The van der Waals surface area contributed by atoms with Crippen LogP contribution in [0.5, 0.6) is 0 Å². The number of rotatable bonds is 2. The van der Waals surface area contributed by atoms with Crippen LogP contribution in [0.15, 0.2) is 23.8 Å². The van der Waals surface area contributed by atoms with Gasteiger partial charge in [-0.2, -0.15) is 0 Å². The van der Waals surface area contributed by atoms with Crippen LogP contribution in [0.4, 0.5) is 0 Å². The van der Waals surface area contributed by atoms with Gasteiger partial charge < -0.3 is 10.2 Å². The Labute approximate surface area is 149 Å². The molecule has 4 rings (SSSR count). The summed E-state index contributed by atoms with van der Waals surface area (Å²) in [6.07, 6.45) is 12.1. The number of hydrogen-bond acceptors (Lipinski definition) is 3. The molecule has 25 heavy (non-hydrogen) atoms. The first-order valence-electron chi connectivity index (χ1n) is 9.72. The zero-order valence-electron chi connectivity index (χ0n) is 14.9. The predicted octanol–water partition coefficient (Wildman–Crippen LogP) is 3.50. The molecule has 4 aliphatic rings. The lowest BCUT2D eigenvalue weighted by Gasteiger charge is -2.55. The van der Waals surface area contributed by atoms with Crippen molar-refractivity contribution in [2.45, 2.75) is 63.9 Å². The molecule has 0 unspecified atom stereocenters. The summed E-state index contributed by atoms with van der Waals surface area (Å²) in [6, 6.07) is 0. The number of aliphatic hydroxyl groups is 1. The molecule has 2 N–H and O–H groups in total. The number of carboxylic acids is 1. The van der Waals surface area contributed by atoms with Crippen LogP contribution in [0.3, 0.4) is 0 Å². The summed E-state index contributed by atoms with van der Waals surface area (Å²) in [4.78, 5) is 22.7. The minimum absolute atomic E-state index is 0.230. The first kappa shape index (κ1) is 17.0.